The largest absolute Gasteiger partial charge is 0.506 e. The van der Waals surface area contributed by atoms with Gasteiger partial charge in [0.2, 0.25) is 0 Å². The summed E-state index contributed by atoms with van der Waals surface area (Å²) in [5, 5.41) is 20.7. The van der Waals surface area contributed by atoms with E-state index in [9.17, 15) is 9.90 Å². The first-order chi connectivity index (χ1) is 16.5. The summed E-state index contributed by atoms with van der Waals surface area (Å²) in [6.07, 6.45) is 3.57. The number of aromatic amines is 1. The standard InChI is InChI=1S/C25H24N6O2S/c1-16-21(22-4-2-3-5-23(22)29-16)12-13-26-24(33)17-6-8-18(9-7-17)30-25(34)31-28-14-19-10-11-20(32)15-27-19/h2-11,14-15,29,32H,12-13H2,1H3,(H,26,33)(H2,30,31,34)/b28-14+. The summed E-state index contributed by atoms with van der Waals surface area (Å²) in [4.78, 5) is 19.9. The third kappa shape index (κ3) is 5.76. The summed E-state index contributed by atoms with van der Waals surface area (Å²) in [5.74, 6) is -0.0421. The number of aromatic nitrogens is 2. The number of para-hydroxylation sites is 1. The van der Waals surface area contributed by atoms with Crippen LogP contribution in [0.3, 0.4) is 0 Å². The van der Waals surface area contributed by atoms with Crippen LogP contribution in [0.5, 0.6) is 5.75 Å². The van der Waals surface area contributed by atoms with Crippen LogP contribution in [0.4, 0.5) is 5.69 Å². The highest BCUT2D eigenvalue weighted by Crippen LogP contribution is 2.22. The monoisotopic (exact) mass is 472 g/mol. The molecule has 2 aromatic carbocycles. The zero-order valence-corrected chi connectivity index (χ0v) is 19.3. The minimum absolute atomic E-state index is 0.0869. The van der Waals surface area contributed by atoms with E-state index < -0.39 is 0 Å². The lowest BCUT2D eigenvalue weighted by atomic mass is 10.1. The summed E-state index contributed by atoms with van der Waals surface area (Å²) < 4.78 is 0. The van der Waals surface area contributed by atoms with Crippen LogP contribution in [0.25, 0.3) is 10.9 Å². The van der Waals surface area contributed by atoms with Gasteiger partial charge < -0.3 is 20.7 Å². The second-order valence-corrected chi connectivity index (χ2v) is 8.03. The van der Waals surface area contributed by atoms with Gasteiger partial charge in [0.1, 0.15) is 5.75 Å². The van der Waals surface area contributed by atoms with Crippen molar-refractivity contribution in [2.75, 3.05) is 11.9 Å². The SMILES string of the molecule is Cc1[nH]c2ccccc2c1CCNC(=O)c1ccc(NC(=S)N/N=C/c2ccc(O)cn2)cc1. The quantitative estimate of drug-likeness (QED) is 0.159. The molecule has 0 saturated heterocycles. The molecule has 0 aliphatic heterocycles. The van der Waals surface area contributed by atoms with Gasteiger partial charge in [0.05, 0.1) is 18.1 Å². The number of amides is 1. The molecule has 9 heteroatoms. The minimum atomic E-state index is -0.129. The Morgan fingerprint density at radius 3 is 2.71 bits per heavy atom. The molecule has 0 radical (unpaired) electrons. The van der Waals surface area contributed by atoms with E-state index in [4.69, 9.17) is 12.2 Å². The highest BCUT2D eigenvalue weighted by atomic mass is 32.1. The maximum Gasteiger partial charge on any atom is 0.251 e. The average molecular weight is 473 g/mol. The van der Waals surface area contributed by atoms with Gasteiger partial charge in [-0.05, 0) is 73.6 Å². The molecule has 0 aliphatic rings. The lowest BCUT2D eigenvalue weighted by molar-refractivity contribution is 0.0954. The second-order valence-electron chi connectivity index (χ2n) is 7.62. The Morgan fingerprint density at radius 2 is 1.94 bits per heavy atom. The highest BCUT2D eigenvalue weighted by Gasteiger charge is 2.09. The van der Waals surface area contributed by atoms with Crippen molar-refractivity contribution in [3.8, 4) is 5.75 Å². The molecule has 2 aromatic heterocycles. The second kappa shape index (κ2) is 10.6. The third-order valence-electron chi connectivity index (χ3n) is 5.23. The smallest absolute Gasteiger partial charge is 0.251 e. The molecule has 0 fully saturated rings. The molecule has 8 nitrogen and oxygen atoms in total. The van der Waals surface area contributed by atoms with Crippen molar-refractivity contribution in [2.45, 2.75) is 13.3 Å². The zero-order valence-electron chi connectivity index (χ0n) is 18.5. The van der Waals surface area contributed by atoms with E-state index in [1.807, 2.05) is 12.1 Å². The number of carbonyl (C=O) groups is 1. The Morgan fingerprint density at radius 1 is 1.15 bits per heavy atom. The fourth-order valence-corrected chi connectivity index (χ4v) is 3.73. The summed E-state index contributed by atoms with van der Waals surface area (Å²) in [6.45, 7) is 2.60. The van der Waals surface area contributed by atoms with Crippen molar-refractivity contribution in [2.24, 2.45) is 5.10 Å². The van der Waals surface area contributed by atoms with E-state index in [0.29, 0.717) is 22.9 Å². The van der Waals surface area contributed by atoms with Gasteiger partial charge in [-0.2, -0.15) is 5.10 Å². The number of aryl methyl sites for hydroxylation is 1. The Labute approximate surface area is 202 Å². The molecular weight excluding hydrogens is 448 g/mol. The van der Waals surface area contributed by atoms with Crippen molar-refractivity contribution in [1.29, 1.82) is 0 Å². The van der Waals surface area contributed by atoms with Gasteiger partial charge in [-0.15, -0.1) is 0 Å². The van der Waals surface area contributed by atoms with Crippen LogP contribution in [0.2, 0.25) is 0 Å². The molecule has 0 spiro atoms. The molecule has 5 N–H and O–H groups in total. The van der Waals surface area contributed by atoms with E-state index in [-0.39, 0.29) is 11.7 Å². The van der Waals surface area contributed by atoms with Crippen LogP contribution in [0.15, 0.2) is 72.0 Å². The first-order valence-corrected chi connectivity index (χ1v) is 11.1. The number of hydrogen-bond donors (Lipinski definition) is 5. The molecule has 4 rings (SSSR count). The summed E-state index contributed by atoms with van der Waals surface area (Å²) in [7, 11) is 0. The number of anilines is 1. The number of aromatic hydroxyl groups is 1. The van der Waals surface area contributed by atoms with Gasteiger partial charge in [-0.1, -0.05) is 18.2 Å². The fraction of sp³-hybridized carbons (Fsp3) is 0.120. The number of carbonyl (C=O) groups excluding carboxylic acids is 1. The maximum atomic E-state index is 12.5. The van der Waals surface area contributed by atoms with Crippen LogP contribution in [-0.2, 0) is 6.42 Å². The minimum Gasteiger partial charge on any atom is -0.506 e. The van der Waals surface area contributed by atoms with Gasteiger partial charge in [0, 0.05) is 34.4 Å². The van der Waals surface area contributed by atoms with Crippen molar-refractivity contribution in [3.63, 3.8) is 0 Å². The van der Waals surface area contributed by atoms with E-state index in [1.165, 1.54) is 29.4 Å². The van der Waals surface area contributed by atoms with Gasteiger partial charge in [0.15, 0.2) is 5.11 Å². The van der Waals surface area contributed by atoms with E-state index in [2.05, 4.69) is 50.2 Å². The molecule has 2 heterocycles. The molecular formula is C25H24N6O2S. The molecule has 0 atom stereocenters. The molecule has 4 aromatic rings. The average Bonchev–Trinajstić information content (AvgIpc) is 3.16. The molecule has 34 heavy (non-hydrogen) atoms. The van der Waals surface area contributed by atoms with Crippen LogP contribution in [0, 0.1) is 6.92 Å². The van der Waals surface area contributed by atoms with Crippen molar-refractivity contribution >= 4 is 46.0 Å². The predicted octanol–water partition coefficient (Wildman–Crippen LogP) is 3.87. The van der Waals surface area contributed by atoms with Crippen LogP contribution in [-0.4, -0.2) is 38.9 Å². The van der Waals surface area contributed by atoms with Gasteiger partial charge in [0.25, 0.3) is 5.91 Å². The maximum absolute atomic E-state index is 12.5. The van der Waals surface area contributed by atoms with Crippen LogP contribution >= 0.6 is 12.2 Å². The van der Waals surface area contributed by atoms with Crippen LogP contribution < -0.4 is 16.1 Å². The summed E-state index contributed by atoms with van der Waals surface area (Å²) in [5.41, 5.74) is 8.02. The van der Waals surface area contributed by atoms with Crippen molar-refractivity contribution in [1.82, 2.24) is 20.7 Å². The summed E-state index contributed by atoms with van der Waals surface area (Å²) in [6, 6.07) is 18.4. The molecule has 0 aliphatic carbocycles. The number of nitrogens with one attached hydrogen (secondary N) is 4. The summed E-state index contributed by atoms with van der Waals surface area (Å²) >= 11 is 5.22. The Balaban J connectivity index is 1.25. The first-order valence-electron chi connectivity index (χ1n) is 10.7. The topological polar surface area (TPSA) is 114 Å². The number of fused-ring (bicyclic) bond motifs is 1. The number of pyridine rings is 1. The van der Waals surface area contributed by atoms with Crippen molar-refractivity contribution in [3.05, 3.63) is 89.4 Å². The number of nitrogens with zero attached hydrogens (tertiary/aromatic N) is 2. The lowest BCUT2D eigenvalue weighted by Gasteiger charge is -2.09. The number of H-pyrrole nitrogens is 1. The molecule has 172 valence electrons. The lowest BCUT2D eigenvalue weighted by Crippen LogP contribution is -2.26. The zero-order chi connectivity index (χ0) is 23.9. The Hall–Kier alpha value is -4.24. The van der Waals surface area contributed by atoms with E-state index in [0.717, 1.165) is 23.3 Å². The van der Waals surface area contributed by atoms with Gasteiger partial charge in [-0.3, -0.25) is 15.2 Å². The molecule has 1 amide bonds. The number of hydrazone groups is 1. The van der Waals surface area contributed by atoms with Crippen LogP contribution in [0.1, 0.15) is 27.3 Å². The molecule has 0 unspecified atom stereocenters. The number of benzene rings is 2. The number of rotatable bonds is 7. The normalized spacial score (nSPS) is 11.0. The molecule has 0 saturated carbocycles. The fourth-order valence-electron chi connectivity index (χ4n) is 3.55. The van der Waals surface area contributed by atoms with Crippen molar-refractivity contribution < 1.29 is 9.90 Å². The number of thiocarbonyl (C=S) groups is 1. The Kier molecular flexibility index (Phi) is 7.14. The highest BCUT2D eigenvalue weighted by molar-refractivity contribution is 7.80. The van der Waals surface area contributed by atoms with E-state index in [1.54, 1.807) is 30.3 Å². The molecule has 0 bridgehead atoms. The first kappa shape index (κ1) is 22.9. The Bertz CT molecular complexity index is 1330. The van der Waals surface area contributed by atoms with Gasteiger partial charge in [-0.25, -0.2) is 0 Å². The van der Waals surface area contributed by atoms with Gasteiger partial charge >= 0.3 is 0 Å². The predicted molar refractivity (Wildman–Crippen MR) is 138 cm³/mol. The van der Waals surface area contributed by atoms with E-state index >= 15 is 0 Å². The third-order valence-corrected chi connectivity index (χ3v) is 5.42. The number of hydrogen-bond acceptors (Lipinski definition) is 5.